The minimum atomic E-state index is -0.516. The van der Waals surface area contributed by atoms with Crippen molar-refractivity contribution in [2.75, 3.05) is 19.7 Å². The minimum Gasteiger partial charge on any atom is -0.433 e. The Labute approximate surface area is 109 Å². The number of unbranched alkanes of at least 4 members (excludes halogenated alkanes) is 1. The Balaban J connectivity index is 1.52. The van der Waals surface area contributed by atoms with Crippen LogP contribution in [-0.4, -0.2) is 32.0 Å². The lowest BCUT2D eigenvalue weighted by Gasteiger charge is -2.18. The van der Waals surface area contributed by atoms with Crippen molar-refractivity contribution in [2.24, 2.45) is 11.8 Å². The summed E-state index contributed by atoms with van der Waals surface area (Å²) in [6.07, 6.45) is 8.35. The number of carbonyl (C=O) groups excluding carboxylic acids is 1. The SMILES string of the molecule is CCCCNCCOC(=O)OC1CC2C=CC1C2. The van der Waals surface area contributed by atoms with Crippen LogP contribution in [0.2, 0.25) is 0 Å². The quantitative estimate of drug-likeness (QED) is 0.430. The number of hydrogen-bond donors (Lipinski definition) is 1. The van der Waals surface area contributed by atoms with Gasteiger partial charge in [-0.2, -0.15) is 0 Å². The summed E-state index contributed by atoms with van der Waals surface area (Å²) in [5.41, 5.74) is 0. The Morgan fingerprint density at radius 2 is 2.22 bits per heavy atom. The number of ether oxygens (including phenoxy) is 2. The van der Waals surface area contributed by atoms with Gasteiger partial charge in [0.15, 0.2) is 0 Å². The van der Waals surface area contributed by atoms with Crippen LogP contribution in [0.4, 0.5) is 4.79 Å². The summed E-state index contributed by atoms with van der Waals surface area (Å²) in [7, 11) is 0. The first kappa shape index (κ1) is 13.4. The Hall–Kier alpha value is -1.03. The van der Waals surface area contributed by atoms with Crippen molar-refractivity contribution < 1.29 is 14.3 Å². The molecule has 2 aliphatic carbocycles. The maximum atomic E-state index is 11.5. The highest BCUT2D eigenvalue weighted by Crippen LogP contribution is 2.40. The van der Waals surface area contributed by atoms with Crippen molar-refractivity contribution in [3.8, 4) is 0 Å². The second-order valence-corrected chi connectivity index (χ2v) is 5.14. The van der Waals surface area contributed by atoms with E-state index in [2.05, 4.69) is 24.4 Å². The summed E-state index contributed by atoms with van der Waals surface area (Å²) < 4.78 is 10.4. The molecule has 2 bridgehead atoms. The molecule has 0 aromatic heterocycles. The summed E-state index contributed by atoms with van der Waals surface area (Å²) in [6, 6.07) is 0. The van der Waals surface area contributed by atoms with Crippen molar-refractivity contribution >= 4 is 6.16 Å². The third-order valence-corrected chi connectivity index (χ3v) is 3.67. The third-order valence-electron chi connectivity index (χ3n) is 3.67. The molecule has 0 spiro atoms. The lowest BCUT2D eigenvalue weighted by atomic mass is 10.1. The van der Waals surface area contributed by atoms with Crippen molar-refractivity contribution in [3.63, 3.8) is 0 Å². The van der Waals surface area contributed by atoms with Crippen molar-refractivity contribution in [1.29, 1.82) is 0 Å². The fourth-order valence-corrected chi connectivity index (χ4v) is 2.66. The molecule has 102 valence electrons. The molecule has 18 heavy (non-hydrogen) atoms. The van der Waals surface area contributed by atoms with Crippen LogP contribution in [0.5, 0.6) is 0 Å². The molecule has 4 heteroatoms. The van der Waals surface area contributed by atoms with Crippen molar-refractivity contribution in [1.82, 2.24) is 5.32 Å². The summed E-state index contributed by atoms with van der Waals surface area (Å²) in [6.45, 7) is 4.22. The second-order valence-electron chi connectivity index (χ2n) is 5.14. The van der Waals surface area contributed by atoms with Crippen LogP contribution in [0.3, 0.4) is 0 Å². The van der Waals surface area contributed by atoms with Gasteiger partial charge in [-0.3, -0.25) is 0 Å². The first-order valence-electron chi connectivity index (χ1n) is 7.02. The van der Waals surface area contributed by atoms with Gasteiger partial charge in [0.05, 0.1) is 0 Å². The summed E-state index contributed by atoms with van der Waals surface area (Å²) in [5, 5.41) is 3.22. The van der Waals surface area contributed by atoms with Crippen LogP contribution in [0.1, 0.15) is 32.6 Å². The van der Waals surface area contributed by atoms with Gasteiger partial charge >= 0.3 is 6.16 Å². The fraction of sp³-hybridized carbons (Fsp3) is 0.786. The van der Waals surface area contributed by atoms with E-state index >= 15 is 0 Å². The van der Waals surface area contributed by atoms with E-state index in [0.29, 0.717) is 25.0 Å². The molecule has 0 aromatic carbocycles. The zero-order chi connectivity index (χ0) is 12.8. The highest BCUT2D eigenvalue weighted by atomic mass is 16.7. The lowest BCUT2D eigenvalue weighted by molar-refractivity contribution is 0.0158. The molecular weight excluding hydrogens is 230 g/mol. The molecule has 0 heterocycles. The van der Waals surface area contributed by atoms with Gasteiger partial charge in [0.2, 0.25) is 0 Å². The highest BCUT2D eigenvalue weighted by molar-refractivity contribution is 5.60. The van der Waals surface area contributed by atoms with Gasteiger partial charge in [0.1, 0.15) is 12.7 Å². The Morgan fingerprint density at radius 1 is 1.33 bits per heavy atom. The summed E-state index contributed by atoms with van der Waals surface area (Å²) in [4.78, 5) is 11.5. The van der Waals surface area contributed by atoms with Gasteiger partial charge in [-0.25, -0.2) is 4.79 Å². The van der Waals surface area contributed by atoms with E-state index in [-0.39, 0.29) is 6.10 Å². The van der Waals surface area contributed by atoms with E-state index in [9.17, 15) is 4.79 Å². The molecule has 0 saturated heterocycles. The second kappa shape index (κ2) is 6.78. The monoisotopic (exact) mass is 253 g/mol. The summed E-state index contributed by atoms with van der Waals surface area (Å²) >= 11 is 0. The predicted octanol–water partition coefficient (Wildman–Crippen LogP) is 2.49. The lowest BCUT2D eigenvalue weighted by Crippen LogP contribution is -2.26. The smallest absolute Gasteiger partial charge is 0.433 e. The average Bonchev–Trinajstić information content (AvgIpc) is 2.95. The van der Waals surface area contributed by atoms with Crippen LogP contribution >= 0.6 is 0 Å². The number of hydrogen-bond acceptors (Lipinski definition) is 4. The average molecular weight is 253 g/mol. The third kappa shape index (κ3) is 3.73. The van der Waals surface area contributed by atoms with Crippen LogP contribution < -0.4 is 5.32 Å². The van der Waals surface area contributed by atoms with E-state index in [1.807, 2.05) is 0 Å². The molecule has 0 radical (unpaired) electrons. The standard InChI is InChI=1S/C14H23NO3/c1-2-3-6-15-7-8-17-14(16)18-13-10-11-4-5-12(13)9-11/h4-5,11-13,15H,2-3,6-10H2,1H3. The van der Waals surface area contributed by atoms with Crippen molar-refractivity contribution in [3.05, 3.63) is 12.2 Å². The van der Waals surface area contributed by atoms with E-state index in [1.54, 1.807) is 0 Å². The first-order valence-corrected chi connectivity index (χ1v) is 7.02. The molecule has 0 aromatic rings. The Morgan fingerprint density at radius 3 is 2.89 bits per heavy atom. The normalized spacial score (nSPS) is 28.6. The maximum absolute atomic E-state index is 11.5. The molecule has 1 saturated carbocycles. The van der Waals surface area contributed by atoms with Gasteiger partial charge in [-0.15, -0.1) is 0 Å². The zero-order valence-corrected chi connectivity index (χ0v) is 11.1. The van der Waals surface area contributed by atoms with Crippen LogP contribution in [0, 0.1) is 11.8 Å². The van der Waals surface area contributed by atoms with Gasteiger partial charge in [0.25, 0.3) is 0 Å². The van der Waals surface area contributed by atoms with Crippen LogP contribution in [-0.2, 0) is 9.47 Å². The van der Waals surface area contributed by atoms with Crippen LogP contribution in [0.15, 0.2) is 12.2 Å². The largest absolute Gasteiger partial charge is 0.508 e. The number of fused-ring (bicyclic) bond motifs is 2. The van der Waals surface area contributed by atoms with E-state index in [4.69, 9.17) is 9.47 Å². The van der Waals surface area contributed by atoms with E-state index < -0.39 is 6.16 Å². The maximum Gasteiger partial charge on any atom is 0.508 e. The Kier molecular flexibility index (Phi) is 5.05. The zero-order valence-electron chi connectivity index (χ0n) is 11.1. The molecule has 3 atom stereocenters. The molecular formula is C14H23NO3. The summed E-state index contributed by atoms with van der Waals surface area (Å²) in [5.74, 6) is 1.04. The number of allylic oxidation sites excluding steroid dienone is 1. The van der Waals surface area contributed by atoms with Crippen molar-refractivity contribution in [2.45, 2.75) is 38.7 Å². The minimum absolute atomic E-state index is 0.0422. The molecule has 0 amide bonds. The Bertz CT molecular complexity index is 303. The van der Waals surface area contributed by atoms with Gasteiger partial charge in [-0.1, -0.05) is 25.5 Å². The topological polar surface area (TPSA) is 47.6 Å². The molecule has 2 rings (SSSR count). The molecule has 1 N–H and O–H groups in total. The van der Waals surface area contributed by atoms with Gasteiger partial charge in [-0.05, 0) is 31.7 Å². The molecule has 4 nitrogen and oxygen atoms in total. The number of nitrogens with one attached hydrogen (secondary N) is 1. The molecule has 1 fully saturated rings. The predicted molar refractivity (Wildman–Crippen MR) is 69.4 cm³/mol. The first-order chi connectivity index (χ1) is 8.79. The fourth-order valence-electron chi connectivity index (χ4n) is 2.66. The molecule has 0 aliphatic heterocycles. The van der Waals surface area contributed by atoms with Crippen LogP contribution in [0.25, 0.3) is 0 Å². The number of rotatable bonds is 7. The van der Waals surface area contributed by atoms with Gasteiger partial charge < -0.3 is 14.8 Å². The highest BCUT2D eigenvalue weighted by Gasteiger charge is 2.38. The van der Waals surface area contributed by atoms with Gasteiger partial charge in [0, 0.05) is 12.5 Å². The number of carbonyl (C=O) groups is 1. The van der Waals surface area contributed by atoms with E-state index in [1.165, 1.54) is 6.42 Å². The van der Waals surface area contributed by atoms with E-state index in [0.717, 1.165) is 25.8 Å². The molecule has 3 unspecified atom stereocenters. The molecule has 2 aliphatic rings.